The van der Waals surface area contributed by atoms with Crippen molar-refractivity contribution < 1.29 is 9.53 Å². The van der Waals surface area contributed by atoms with Gasteiger partial charge in [-0.3, -0.25) is 4.79 Å². The fourth-order valence-electron chi connectivity index (χ4n) is 1.11. The standard InChI is InChI=1S/C11H14ClNO2/c1-8(12)11(14)13-7-9-4-3-5-10(6-9)15-2/h3-6,8H,7H2,1-2H3,(H,13,14)/t8-/m0/s1. The molecule has 1 aromatic carbocycles. The fraction of sp³-hybridized carbons (Fsp3) is 0.364. The molecule has 0 saturated heterocycles. The molecule has 1 amide bonds. The SMILES string of the molecule is COc1cccc(CNC(=O)[C@H](C)Cl)c1. The Bertz CT molecular complexity index is 339. The molecule has 0 aliphatic carbocycles. The number of ether oxygens (including phenoxy) is 1. The van der Waals surface area contributed by atoms with Gasteiger partial charge in [0.1, 0.15) is 11.1 Å². The van der Waals surface area contributed by atoms with Gasteiger partial charge in [0.25, 0.3) is 0 Å². The number of hydrogen-bond acceptors (Lipinski definition) is 2. The maximum atomic E-state index is 11.2. The first kappa shape index (κ1) is 11.9. The first-order valence-electron chi connectivity index (χ1n) is 4.68. The molecular formula is C11H14ClNO2. The van der Waals surface area contributed by atoms with Crippen LogP contribution in [0.2, 0.25) is 0 Å². The second-order valence-corrected chi connectivity index (χ2v) is 3.84. The molecule has 1 N–H and O–H groups in total. The number of carbonyl (C=O) groups excluding carboxylic acids is 1. The molecule has 1 aromatic rings. The summed E-state index contributed by atoms with van der Waals surface area (Å²) in [6.45, 7) is 2.11. The number of nitrogens with one attached hydrogen (secondary N) is 1. The molecule has 3 nitrogen and oxygen atoms in total. The van der Waals surface area contributed by atoms with E-state index >= 15 is 0 Å². The number of halogens is 1. The molecule has 1 atom stereocenters. The molecule has 0 fully saturated rings. The minimum absolute atomic E-state index is 0.167. The Labute approximate surface area is 94.4 Å². The van der Waals surface area contributed by atoms with Crippen molar-refractivity contribution in [2.75, 3.05) is 7.11 Å². The van der Waals surface area contributed by atoms with Crippen molar-refractivity contribution in [2.24, 2.45) is 0 Å². The average Bonchev–Trinajstić information content (AvgIpc) is 2.26. The fourth-order valence-corrected chi connectivity index (χ4v) is 1.19. The van der Waals surface area contributed by atoms with Gasteiger partial charge in [0.15, 0.2) is 0 Å². The monoisotopic (exact) mass is 227 g/mol. The zero-order chi connectivity index (χ0) is 11.3. The van der Waals surface area contributed by atoms with Gasteiger partial charge in [0.2, 0.25) is 5.91 Å². The molecule has 0 radical (unpaired) electrons. The summed E-state index contributed by atoms with van der Waals surface area (Å²) in [4.78, 5) is 11.2. The molecule has 15 heavy (non-hydrogen) atoms. The highest BCUT2D eigenvalue weighted by molar-refractivity contribution is 6.30. The molecule has 0 bridgehead atoms. The summed E-state index contributed by atoms with van der Waals surface area (Å²) in [7, 11) is 1.61. The topological polar surface area (TPSA) is 38.3 Å². The van der Waals surface area contributed by atoms with Crippen LogP contribution in [-0.4, -0.2) is 18.4 Å². The van der Waals surface area contributed by atoms with Gasteiger partial charge in [-0.05, 0) is 24.6 Å². The lowest BCUT2D eigenvalue weighted by Crippen LogP contribution is -2.28. The summed E-state index contributed by atoms with van der Waals surface area (Å²) in [5.41, 5.74) is 0.986. The molecule has 4 heteroatoms. The van der Waals surface area contributed by atoms with Crippen LogP contribution in [0.15, 0.2) is 24.3 Å². The van der Waals surface area contributed by atoms with Gasteiger partial charge in [0.05, 0.1) is 7.11 Å². The number of carbonyl (C=O) groups is 1. The van der Waals surface area contributed by atoms with Gasteiger partial charge in [-0.15, -0.1) is 11.6 Å². The van der Waals surface area contributed by atoms with E-state index in [1.165, 1.54) is 0 Å². The van der Waals surface area contributed by atoms with Crippen molar-refractivity contribution in [2.45, 2.75) is 18.8 Å². The van der Waals surface area contributed by atoms with Crippen molar-refractivity contribution in [1.82, 2.24) is 5.32 Å². The summed E-state index contributed by atoms with van der Waals surface area (Å²) < 4.78 is 5.07. The van der Waals surface area contributed by atoms with Crippen LogP contribution in [0.1, 0.15) is 12.5 Å². The molecule has 1 rings (SSSR count). The highest BCUT2D eigenvalue weighted by Crippen LogP contribution is 2.12. The maximum Gasteiger partial charge on any atom is 0.238 e. The van der Waals surface area contributed by atoms with Crippen molar-refractivity contribution >= 4 is 17.5 Å². The third-order valence-electron chi connectivity index (χ3n) is 1.96. The molecule has 82 valence electrons. The summed E-state index contributed by atoms with van der Waals surface area (Å²) >= 11 is 5.62. The third-order valence-corrected chi connectivity index (χ3v) is 2.16. The minimum Gasteiger partial charge on any atom is -0.497 e. The zero-order valence-electron chi connectivity index (χ0n) is 8.79. The van der Waals surface area contributed by atoms with E-state index in [2.05, 4.69) is 5.32 Å². The Hall–Kier alpha value is -1.22. The summed E-state index contributed by atoms with van der Waals surface area (Å²) in [5.74, 6) is 0.611. The smallest absolute Gasteiger partial charge is 0.238 e. The molecule has 0 unspecified atom stereocenters. The van der Waals surface area contributed by atoms with Crippen LogP contribution < -0.4 is 10.1 Å². The Morgan fingerprint density at radius 1 is 1.60 bits per heavy atom. The Morgan fingerprint density at radius 3 is 2.93 bits per heavy atom. The molecule has 0 aliphatic heterocycles. The number of amides is 1. The second kappa shape index (κ2) is 5.61. The average molecular weight is 228 g/mol. The minimum atomic E-state index is -0.504. The van der Waals surface area contributed by atoms with Crippen molar-refractivity contribution in [3.05, 3.63) is 29.8 Å². The third kappa shape index (κ3) is 3.80. The number of hydrogen-bond donors (Lipinski definition) is 1. The van der Waals surface area contributed by atoms with Gasteiger partial charge in [-0.25, -0.2) is 0 Å². The van der Waals surface area contributed by atoms with E-state index in [4.69, 9.17) is 16.3 Å². The van der Waals surface area contributed by atoms with E-state index < -0.39 is 5.38 Å². The predicted molar refractivity (Wildman–Crippen MR) is 60.2 cm³/mol. The van der Waals surface area contributed by atoms with E-state index in [0.717, 1.165) is 11.3 Å². The molecule has 0 saturated carbocycles. The quantitative estimate of drug-likeness (QED) is 0.799. The van der Waals surface area contributed by atoms with Gasteiger partial charge >= 0.3 is 0 Å². The molecule has 0 heterocycles. The van der Waals surface area contributed by atoms with E-state index in [1.807, 2.05) is 24.3 Å². The van der Waals surface area contributed by atoms with Gasteiger partial charge in [-0.2, -0.15) is 0 Å². The predicted octanol–water partition coefficient (Wildman–Crippen LogP) is 1.94. The van der Waals surface area contributed by atoms with Crippen LogP contribution >= 0.6 is 11.6 Å². The number of methoxy groups -OCH3 is 1. The Balaban J connectivity index is 2.54. The van der Waals surface area contributed by atoms with E-state index in [1.54, 1.807) is 14.0 Å². The highest BCUT2D eigenvalue weighted by atomic mass is 35.5. The van der Waals surface area contributed by atoms with Gasteiger partial charge in [0, 0.05) is 6.54 Å². The lowest BCUT2D eigenvalue weighted by Gasteiger charge is -2.07. The first-order chi connectivity index (χ1) is 7.13. The van der Waals surface area contributed by atoms with Crippen molar-refractivity contribution in [3.63, 3.8) is 0 Å². The molecule has 0 spiro atoms. The number of alkyl halides is 1. The Morgan fingerprint density at radius 2 is 2.33 bits per heavy atom. The normalized spacial score (nSPS) is 11.9. The van der Waals surface area contributed by atoms with Crippen LogP contribution in [0.4, 0.5) is 0 Å². The zero-order valence-corrected chi connectivity index (χ0v) is 9.54. The van der Waals surface area contributed by atoms with E-state index in [-0.39, 0.29) is 5.91 Å². The van der Waals surface area contributed by atoms with Crippen LogP contribution in [-0.2, 0) is 11.3 Å². The largest absolute Gasteiger partial charge is 0.497 e. The Kier molecular flexibility index (Phi) is 4.43. The maximum absolute atomic E-state index is 11.2. The van der Waals surface area contributed by atoms with Crippen LogP contribution in [0.5, 0.6) is 5.75 Å². The van der Waals surface area contributed by atoms with Crippen molar-refractivity contribution in [3.8, 4) is 5.75 Å². The molecule has 0 aliphatic rings. The van der Waals surface area contributed by atoms with E-state index in [0.29, 0.717) is 6.54 Å². The summed E-state index contributed by atoms with van der Waals surface area (Å²) in [5, 5.41) is 2.22. The van der Waals surface area contributed by atoms with Gasteiger partial charge in [-0.1, -0.05) is 12.1 Å². The van der Waals surface area contributed by atoms with E-state index in [9.17, 15) is 4.79 Å². The van der Waals surface area contributed by atoms with Gasteiger partial charge < -0.3 is 10.1 Å². The lowest BCUT2D eigenvalue weighted by atomic mass is 10.2. The van der Waals surface area contributed by atoms with Crippen LogP contribution in [0.3, 0.4) is 0 Å². The van der Waals surface area contributed by atoms with Crippen molar-refractivity contribution in [1.29, 1.82) is 0 Å². The highest BCUT2D eigenvalue weighted by Gasteiger charge is 2.07. The molecular weight excluding hydrogens is 214 g/mol. The summed E-state index contributed by atoms with van der Waals surface area (Å²) in [6, 6.07) is 7.53. The molecule has 0 aromatic heterocycles. The second-order valence-electron chi connectivity index (χ2n) is 3.19. The number of benzene rings is 1. The lowest BCUT2D eigenvalue weighted by molar-refractivity contribution is -0.120. The first-order valence-corrected chi connectivity index (χ1v) is 5.12. The number of rotatable bonds is 4. The van der Waals surface area contributed by atoms with Crippen LogP contribution in [0, 0.1) is 0 Å². The van der Waals surface area contributed by atoms with Crippen LogP contribution in [0.25, 0.3) is 0 Å². The summed E-state index contributed by atoms with van der Waals surface area (Å²) in [6.07, 6.45) is 0.